The molecular formula is C14H15O3P. The molecule has 1 atom stereocenters. The number of rotatable bonds is 4. The molecule has 0 aliphatic heterocycles. The van der Waals surface area contributed by atoms with E-state index in [2.05, 4.69) is 9.47 Å². The second-order valence-corrected chi connectivity index (χ2v) is 4.26. The molecular weight excluding hydrogens is 247 g/mol. The van der Waals surface area contributed by atoms with Crippen molar-refractivity contribution in [3.8, 4) is 11.5 Å². The summed E-state index contributed by atoms with van der Waals surface area (Å²) in [5.41, 5.74) is 2.62. The Balaban J connectivity index is 2.28. The van der Waals surface area contributed by atoms with Crippen LogP contribution in [0.3, 0.4) is 0 Å². The van der Waals surface area contributed by atoms with E-state index in [0.717, 1.165) is 16.9 Å². The van der Waals surface area contributed by atoms with E-state index in [0.29, 0.717) is 12.0 Å². The van der Waals surface area contributed by atoms with Crippen molar-refractivity contribution in [2.75, 3.05) is 0 Å². The summed E-state index contributed by atoms with van der Waals surface area (Å²) in [6.45, 7) is -0.165. The minimum Gasteiger partial charge on any atom is -0.508 e. The van der Waals surface area contributed by atoms with E-state index < -0.39 is 0 Å². The summed E-state index contributed by atoms with van der Waals surface area (Å²) in [5.74, 6) is 0.929. The van der Waals surface area contributed by atoms with E-state index in [1.54, 1.807) is 12.1 Å². The molecule has 0 fully saturated rings. The number of aliphatic hydroxyl groups is 1. The Labute approximate surface area is 108 Å². The molecule has 0 radical (unpaired) electrons. The second kappa shape index (κ2) is 5.85. The predicted octanol–water partition coefficient (Wildman–Crippen LogP) is 2.64. The van der Waals surface area contributed by atoms with Gasteiger partial charge in [0, 0.05) is 12.0 Å². The summed E-state index contributed by atoms with van der Waals surface area (Å²) in [6, 6.07) is 13.0. The molecule has 0 saturated carbocycles. The number of benzene rings is 2. The van der Waals surface area contributed by atoms with Gasteiger partial charge in [-0.3, -0.25) is 0 Å². The van der Waals surface area contributed by atoms with Gasteiger partial charge in [-0.2, -0.15) is 0 Å². The Morgan fingerprint density at radius 3 is 2.56 bits per heavy atom. The highest BCUT2D eigenvalue weighted by Crippen LogP contribution is 2.25. The molecule has 0 amide bonds. The van der Waals surface area contributed by atoms with Gasteiger partial charge in [-0.05, 0) is 29.3 Å². The first-order valence-electron chi connectivity index (χ1n) is 5.61. The van der Waals surface area contributed by atoms with Crippen molar-refractivity contribution in [1.29, 1.82) is 0 Å². The van der Waals surface area contributed by atoms with E-state index in [1.807, 2.05) is 30.3 Å². The Hall–Kier alpha value is -1.57. The van der Waals surface area contributed by atoms with Gasteiger partial charge in [0.15, 0.2) is 0 Å². The molecule has 2 aromatic rings. The third-order valence-electron chi connectivity index (χ3n) is 2.81. The highest BCUT2D eigenvalue weighted by molar-refractivity contribution is 7.10. The van der Waals surface area contributed by atoms with E-state index in [-0.39, 0.29) is 12.4 Å². The summed E-state index contributed by atoms with van der Waals surface area (Å²) < 4.78 is 5.22. The lowest BCUT2D eigenvalue weighted by atomic mass is 10.0. The van der Waals surface area contributed by atoms with Gasteiger partial charge in [0.25, 0.3) is 0 Å². The fourth-order valence-corrected chi connectivity index (χ4v) is 2.09. The normalized spacial score (nSPS) is 10.3. The Bertz CT molecular complexity index is 540. The zero-order valence-electron chi connectivity index (χ0n) is 9.84. The van der Waals surface area contributed by atoms with E-state index in [4.69, 9.17) is 9.63 Å². The molecule has 0 aromatic heterocycles. The van der Waals surface area contributed by atoms with Crippen LogP contribution in [0.25, 0.3) is 0 Å². The first-order valence-corrected chi connectivity index (χ1v) is 6.08. The molecule has 0 saturated heterocycles. The van der Waals surface area contributed by atoms with Gasteiger partial charge in [0.2, 0.25) is 0 Å². The SMILES string of the molecule is OCc1cc(Cc2ccccc2OP)ccc1O. The quantitative estimate of drug-likeness (QED) is 0.833. The average molecular weight is 262 g/mol. The van der Waals surface area contributed by atoms with Crippen LogP contribution in [0.2, 0.25) is 0 Å². The lowest BCUT2D eigenvalue weighted by Gasteiger charge is -2.09. The molecule has 94 valence electrons. The van der Waals surface area contributed by atoms with Gasteiger partial charge in [0.1, 0.15) is 11.5 Å². The summed E-state index contributed by atoms with van der Waals surface area (Å²) in [5, 5.41) is 18.6. The van der Waals surface area contributed by atoms with Crippen molar-refractivity contribution in [3.05, 3.63) is 59.2 Å². The number of hydrogen-bond acceptors (Lipinski definition) is 3. The summed E-state index contributed by atoms with van der Waals surface area (Å²) in [4.78, 5) is 0. The minimum atomic E-state index is -0.165. The number of para-hydroxylation sites is 1. The average Bonchev–Trinajstić information content (AvgIpc) is 2.41. The van der Waals surface area contributed by atoms with Crippen LogP contribution in [0.5, 0.6) is 11.5 Å². The van der Waals surface area contributed by atoms with Crippen molar-refractivity contribution in [2.24, 2.45) is 0 Å². The lowest BCUT2D eigenvalue weighted by molar-refractivity contribution is 0.275. The Kier molecular flexibility index (Phi) is 4.19. The number of aliphatic hydroxyl groups excluding tert-OH is 1. The van der Waals surface area contributed by atoms with E-state index in [1.165, 1.54) is 0 Å². The number of hydrogen-bond donors (Lipinski definition) is 2. The van der Waals surface area contributed by atoms with Crippen LogP contribution >= 0.6 is 9.47 Å². The van der Waals surface area contributed by atoms with Crippen LogP contribution < -0.4 is 4.52 Å². The van der Waals surface area contributed by atoms with Crippen molar-refractivity contribution in [1.82, 2.24) is 0 Å². The maximum absolute atomic E-state index is 9.51. The molecule has 18 heavy (non-hydrogen) atoms. The second-order valence-electron chi connectivity index (χ2n) is 4.02. The van der Waals surface area contributed by atoms with Crippen LogP contribution in [0.4, 0.5) is 0 Å². The van der Waals surface area contributed by atoms with Crippen LogP contribution in [0.15, 0.2) is 42.5 Å². The summed E-state index contributed by atoms with van der Waals surface area (Å²) >= 11 is 0. The van der Waals surface area contributed by atoms with Gasteiger partial charge in [-0.15, -0.1) is 0 Å². The van der Waals surface area contributed by atoms with Gasteiger partial charge >= 0.3 is 0 Å². The van der Waals surface area contributed by atoms with Crippen molar-refractivity contribution in [3.63, 3.8) is 0 Å². The predicted molar refractivity (Wildman–Crippen MR) is 73.6 cm³/mol. The highest BCUT2D eigenvalue weighted by atomic mass is 31.0. The third kappa shape index (κ3) is 2.81. The zero-order chi connectivity index (χ0) is 13.0. The topological polar surface area (TPSA) is 49.7 Å². The van der Waals surface area contributed by atoms with Crippen molar-refractivity contribution in [2.45, 2.75) is 13.0 Å². The molecule has 2 rings (SSSR count). The first-order chi connectivity index (χ1) is 8.74. The van der Waals surface area contributed by atoms with Crippen LogP contribution in [0, 0.1) is 0 Å². The summed E-state index contributed by atoms with van der Waals surface area (Å²) in [7, 11) is 2.24. The molecule has 2 N–H and O–H groups in total. The lowest BCUT2D eigenvalue weighted by Crippen LogP contribution is -1.93. The fraction of sp³-hybridized carbons (Fsp3) is 0.143. The van der Waals surface area contributed by atoms with Crippen molar-refractivity contribution >= 4 is 9.47 Å². The first kappa shape index (κ1) is 12.9. The smallest absolute Gasteiger partial charge is 0.126 e. The van der Waals surface area contributed by atoms with Gasteiger partial charge in [-0.25, -0.2) is 0 Å². The standard InChI is InChI=1S/C14H15O3P/c15-9-12-8-10(5-6-13(12)16)7-11-3-1-2-4-14(11)17-18/h1-6,8,15-16H,7,9,18H2. The molecule has 0 aliphatic rings. The maximum atomic E-state index is 9.51. The van der Waals surface area contributed by atoms with Gasteiger partial charge in [0.05, 0.1) is 16.1 Å². The monoisotopic (exact) mass is 262 g/mol. The van der Waals surface area contributed by atoms with E-state index >= 15 is 0 Å². The van der Waals surface area contributed by atoms with Crippen LogP contribution in [-0.2, 0) is 13.0 Å². The number of phenols is 1. The summed E-state index contributed by atoms with van der Waals surface area (Å²) in [6.07, 6.45) is 0.692. The molecule has 0 heterocycles. The van der Waals surface area contributed by atoms with Crippen LogP contribution in [0.1, 0.15) is 16.7 Å². The van der Waals surface area contributed by atoms with Gasteiger partial charge in [-0.1, -0.05) is 24.3 Å². The third-order valence-corrected chi connectivity index (χ3v) is 3.06. The number of aromatic hydroxyl groups is 1. The molecule has 4 heteroatoms. The fourth-order valence-electron chi connectivity index (χ4n) is 1.86. The Morgan fingerprint density at radius 1 is 1.06 bits per heavy atom. The zero-order valence-corrected chi connectivity index (χ0v) is 11.0. The molecule has 0 aliphatic carbocycles. The Morgan fingerprint density at radius 2 is 1.83 bits per heavy atom. The van der Waals surface area contributed by atoms with Gasteiger partial charge < -0.3 is 14.7 Å². The molecule has 3 nitrogen and oxygen atoms in total. The molecule has 2 aromatic carbocycles. The largest absolute Gasteiger partial charge is 0.508 e. The molecule has 0 spiro atoms. The van der Waals surface area contributed by atoms with Crippen LogP contribution in [-0.4, -0.2) is 10.2 Å². The minimum absolute atomic E-state index is 0.122. The molecule has 1 unspecified atom stereocenters. The maximum Gasteiger partial charge on any atom is 0.126 e. The van der Waals surface area contributed by atoms with E-state index in [9.17, 15) is 5.11 Å². The molecule has 0 bridgehead atoms. The highest BCUT2D eigenvalue weighted by Gasteiger charge is 2.06. The van der Waals surface area contributed by atoms with Crippen molar-refractivity contribution < 1.29 is 14.7 Å².